The van der Waals surface area contributed by atoms with Crippen LogP contribution < -0.4 is 5.32 Å². The summed E-state index contributed by atoms with van der Waals surface area (Å²) in [5.41, 5.74) is 0.763. The van der Waals surface area contributed by atoms with Gasteiger partial charge in [0.05, 0.1) is 11.7 Å². The van der Waals surface area contributed by atoms with Gasteiger partial charge in [-0.2, -0.15) is 0 Å². The molecule has 0 bridgehead atoms. The van der Waals surface area contributed by atoms with Crippen LogP contribution in [-0.2, 0) is 4.74 Å². The van der Waals surface area contributed by atoms with E-state index in [9.17, 15) is 4.79 Å². The maximum absolute atomic E-state index is 12.2. The Morgan fingerprint density at radius 2 is 2.26 bits per heavy atom. The Labute approximate surface area is 119 Å². The second-order valence-corrected chi connectivity index (χ2v) is 6.63. The number of rotatable bonds is 5. The molecule has 1 fully saturated rings. The van der Waals surface area contributed by atoms with E-state index in [1.165, 1.54) is 0 Å². The molecule has 19 heavy (non-hydrogen) atoms. The first-order chi connectivity index (χ1) is 9.16. The maximum atomic E-state index is 12.2. The van der Waals surface area contributed by atoms with E-state index in [2.05, 4.69) is 19.2 Å². The summed E-state index contributed by atoms with van der Waals surface area (Å²) in [6, 6.07) is 7.77. The predicted octanol–water partition coefficient (Wildman–Crippen LogP) is 3.10. The molecule has 1 unspecified atom stereocenters. The molecule has 1 heterocycles. The van der Waals surface area contributed by atoms with Gasteiger partial charge in [-0.1, -0.05) is 26.0 Å². The molecule has 4 heteroatoms. The van der Waals surface area contributed by atoms with Crippen LogP contribution in [0.2, 0.25) is 0 Å². The summed E-state index contributed by atoms with van der Waals surface area (Å²) in [4.78, 5) is 13.3. The van der Waals surface area contributed by atoms with Gasteiger partial charge >= 0.3 is 0 Å². The first kappa shape index (κ1) is 14.4. The Hall–Kier alpha value is -1.00. The van der Waals surface area contributed by atoms with Crippen LogP contribution in [0.25, 0.3) is 0 Å². The molecule has 0 radical (unpaired) electrons. The van der Waals surface area contributed by atoms with E-state index in [1.807, 2.05) is 24.3 Å². The number of amides is 1. The van der Waals surface area contributed by atoms with Gasteiger partial charge in [-0.15, -0.1) is 11.8 Å². The van der Waals surface area contributed by atoms with Crippen LogP contribution in [0.4, 0.5) is 0 Å². The van der Waals surface area contributed by atoms with E-state index in [4.69, 9.17) is 4.74 Å². The van der Waals surface area contributed by atoms with E-state index < -0.39 is 0 Å². The summed E-state index contributed by atoms with van der Waals surface area (Å²) in [5, 5.41) is 3.44. The van der Waals surface area contributed by atoms with Crippen LogP contribution in [0.15, 0.2) is 29.2 Å². The van der Waals surface area contributed by atoms with Gasteiger partial charge in [-0.05, 0) is 25.0 Å². The quantitative estimate of drug-likeness (QED) is 0.842. The summed E-state index contributed by atoms with van der Waals surface area (Å²) in [7, 11) is 0. The highest BCUT2D eigenvalue weighted by Crippen LogP contribution is 2.26. The fourth-order valence-corrected chi connectivity index (χ4v) is 3.07. The summed E-state index contributed by atoms with van der Waals surface area (Å²) >= 11 is 1.72. The second kappa shape index (κ2) is 6.96. The van der Waals surface area contributed by atoms with E-state index in [1.54, 1.807) is 11.8 Å². The molecule has 0 saturated carbocycles. The maximum Gasteiger partial charge on any atom is 0.252 e. The van der Waals surface area contributed by atoms with Crippen LogP contribution in [0.3, 0.4) is 0 Å². The highest BCUT2D eigenvalue weighted by Gasteiger charge is 2.18. The Bertz CT molecular complexity index is 428. The number of nitrogens with one attached hydrogen (secondary N) is 1. The molecule has 3 nitrogen and oxygen atoms in total. The summed E-state index contributed by atoms with van der Waals surface area (Å²) in [6.45, 7) is 5.69. The van der Waals surface area contributed by atoms with Gasteiger partial charge in [0, 0.05) is 23.3 Å². The second-order valence-electron chi connectivity index (χ2n) is 5.01. The fraction of sp³-hybridized carbons (Fsp3) is 0.533. The lowest BCUT2D eigenvalue weighted by Gasteiger charge is -2.13. The average molecular weight is 279 g/mol. The smallest absolute Gasteiger partial charge is 0.252 e. The number of hydrogen-bond acceptors (Lipinski definition) is 3. The van der Waals surface area contributed by atoms with Crippen LogP contribution in [0.1, 0.15) is 37.0 Å². The molecule has 1 aromatic carbocycles. The SMILES string of the molecule is CC(C)Sc1ccccc1C(=O)NCC1CCCO1. The van der Waals surface area contributed by atoms with Gasteiger partial charge in [0.2, 0.25) is 0 Å². The molecule has 2 rings (SSSR count). The minimum Gasteiger partial charge on any atom is -0.376 e. The Morgan fingerprint density at radius 1 is 1.47 bits per heavy atom. The molecule has 1 N–H and O–H groups in total. The van der Waals surface area contributed by atoms with Crippen molar-refractivity contribution < 1.29 is 9.53 Å². The number of carbonyl (C=O) groups is 1. The predicted molar refractivity (Wildman–Crippen MR) is 78.7 cm³/mol. The largest absolute Gasteiger partial charge is 0.376 e. The number of ether oxygens (including phenoxy) is 1. The van der Waals surface area contributed by atoms with E-state index in [0.29, 0.717) is 11.8 Å². The van der Waals surface area contributed by atoms with Crippen molar-refractivity contribution in [3.05, 3.63) is 29.8 Å². The molecule has 1 atom stereocenters. The van der Waals surface area contributed by atoms with E-state index >= 15 is 0 Å². The highest BCUT2D eigenvalue weighted by molar-refractivity contribution is 8.00. The molecule has 1 saturated heterocycles. The van der Waals surface area contributed by atoms with Crippen molar-refractivity contribution >= 4 is 17.7 Å². The number of carbonyl (C=O) groups excluding carboxylic acids is 1. The van der Waals surface area contributed by atoms with E-state index in [0.717, 1.165) is 29.9 Å². The van der Waals surface area contributed by atoms with Gasteiger partial charge in [0.25, 0.3) is 5.91 Å². The third-order valence-corrected chi connectivity index (χ3v) is 4.09. The lowest BCUT2D eigenvalue weighted by Crippen LogP contribution is -2.32. The summed E-state index contributed by atoms with van der Waals surface area (Å²) in [6.07, 6.45) is 2.33. The lowest BCUT2D eigenvalue weighted by molar-refractivity contribution is 0.0855. The van der Waals surface area contributed by atoms with Crippen LogP contribution >= 0.6 is 11.8 Å². The van der Waals surface area contributed by atoms with Crippen molar-refractivity contribution in [1.82, 2.24) is 5.32 Å². The lowest BCUT2D eigenvalue weighted by atomic mass is 10.2. The molecule has 1 amide bonds. The molecule has 0 aliphatic carbocycles. The first-order valence-corrected chi connectivity index (χ1v) is 7.70. The van der Waals surface area contributed by atoms with Crippen LogP contribution in [0, 0.1) is 0 Å². The van der Waals surface area contributed by atoms with Crippen molar-refractivity contribution in [3.8, 4) is 0 Å². The Morgan fingerprint density at radius 3 is 2.95 bits per heavy atom. The molecule has 1 aromatic rings. The Kier molecular flexibility index (Phi) is 5.28. The molecular formula is C15H21NO2S. The van der Waals surface area contributed by atoms with Crippen molar-refractivity contribution in [3.63, 3.8) is 0 Å². The van der Waals surface area contributed by atoms with Gasteiger partial charge in [-0.3, -0.25) is 4.79 Å². The number of thioether (sulfide) groups is 1. The summed E-state index contributed by atoms with van der Waals surface area (Å²) < 4.78 is 5.51. The Balaban J connectivity index is 1.97. The van der Waals surface area contributed by atoms with Gasteiger partial charge in [0.15, 0.2) is 0 Å². The standard InChI is InChI=1S/C15H21NO2S/c1-11(2)19-14-8-4-3-7-13(14)15(17)16-10-12-6-5-9-18-12/h3-4,7-8,11-12H,5-6,9-10H2,1-2H3,(H,16,17). The minimum atomic E-state index is -0.000694. The monoisotopic (exact) mass is 279 g/mol. The highest BCUT2D eigenvalue weighted by atomic mass is 32.2. The van der Waals surface area contributed by atoms with Crippen molar-refractivity contribution in [1.29, 1.82) is 0 Å². The number of benzene rings is 1. The van der Waals surface area contributed by atoms with Gasteiger partial charge in [0.1, 0.15) is 0 Å². The topological polar surface area (TPSA) is 38.3 Å². The molecular weight excluding hydrogens is 258 g/mol. The number of hydrogen-bond donors (Lipinski definition) is 1. The molecule has 1 aliphatic heterocycles. The molecule has 104 valence electrons. The first-order valence-electron chi connectivity index (χ1n) is 6.82. The summed E-state index contributed by atoms with van der Waals surface area (Å²) in [5.74, 6) is -0.000694. The molecule has 0 spiro atoms. The van der Waals surface area contributed by atoms with Crippen LogP contribution in [0.5, 0.6) is 0 Å². The van der Waals surface area contributed by atoms with Gasteiger partial charge in [-0.25, -0.2) is 0 Å². The zero-order chi connectivity index (χ0) is 13.7. The fourth-order valence-electron chi connectivity index (χ4n) is 2.12. The van der Waals surface area contributed by atoms with Gasteiger partial charge < -0.3 is 10.1 Å². The van der Waals surface area contributed by atoms with E-state index in [-0.39, 0.29) is 12.0 Å². The van der Waals surface area contributed by atoms with Crippen molar-refractivity contribution in [2.45, 2.75) is 42.9 Å². The molecule has 0 aromatic heterocycles. The van der Waals surface area contributed by atoms with Crippen LogP contribution in [-0.4, -0.2) is 30.4 Å². The third-order valence-electron chi connectivity index (χ3n) is 3.01. The zero-order valence-corrected chi connectivity index (χ0v) is 12.3. The molecule has 1 aliphatic rings. The third kappa shape index (κ3) is 4.25. The minimum absolute atomic E-state index is 0.000694. The average Bonchev–Trinajstić information content (AvgIpc) is 2.89. The van der Waals surface area contributed by atoms with Crippen molar-refractivity contribution in [2.24, 2.45) is 0 Å². The zero-order valence-electron chi connectivity index (χ0n) is 11.5. The normalized spacial score (nSPS) is 18.8. The van der Waals surface area contributed by atoms with Crippen molar-refractivity contribution in [2.75, 3.05) is 13.2 Å².